The summed E-state index contributed by atoms with van der Waals surface area (Å²) in [6.45, 7) is 3.32. The van der Waals surface area contributed by atoms with Crippen LogP contribution in [0.15, 0.2) is 4.99 Å². The van der Waals surface area contributed by atoms with Crippen LogP contribution in [0.2, 0.25) is 0 Å². The lowest BCUT2D eigenvalue weighted by atomic mass is 9.96. The second-order valence-electron chi connectivity index (χ2n) is 4.29. The summed E-state index contributed by atoms with van der Waals surface area (Å²) >= 11 is 6.21. The van der Waals surface area contributed by atoms with Gasteiger partial charge in [0.25, 0.3) is 0 Å². The van der Waals surface area contributed by atoms with Gasteiger partial charge in [-0.15, -0.1) is 0 Å². The molecule has 0 radical (unpaired) electrons. The van der Waals surface area contributed by atoms with E-state index in [-0.39, 0.29) is 0 Å². The van der Waals surface area contributed by atoms with Gasteiger partial charge in [0, 0.05) is 13.1 Å². The maximum absolute atomic E-state index is 6.21. The summed E-state index contributed by atoms with van der Waals surface area (Å²) < 4.78 is 5.28. The lowest BCUT2D eigenvalue weighted by Gasteiger charge is -2.28. The Morgan fingerprint density at radius 1 is 1.13 bits per heavy atom. The maximum atomic E-state index is 6.21. The Balaban J connectivity index is 1.86. The average molecular weight is 231 g/mol. The fraction of sp³-hybridized carbons (Fsp3) is 0.909. The Hall–Kier alpha value is -0.280. The van der Waals surface area contributed by atoms with Crippen LogP contribution in [-0.4, -0.2) is 42.5 Å². The number of hydrogen-bond acceptors (Lipinski definition) is 2. The molecule has 3 nitrogen and oxygen atoms in total. The summed E-state index contributed by atoms with van der Waals surface area (Å²) in [5, 5.41) is 0.699. The quantitative estimate of drug-likeness (QED) is 0.392. The van der Waals surface area contributed by atoms with Crippen LogP contribution in [-0.2, 0) is 4.74 Å². The number of rotatable bonds is 1. The van der Waals surface area contributed by atoms with Crippen LogP contribution in [0, 0.1) is 0 Å². The van der Waals surface area contributed by atoms with Crippen molar-refractivity contribution >= 4 is 16.9 Å². The SMILES string of the molecule is ClC(=NC1CCCCC1)N1CCOCC1. The molecule has 0 aromatic heterocycles. The Morgan fingerprint density at radius 3 is 2.47 bits per heavy atom. The van der Waals surface area contributed by atoms with E-state index in [2.05, 4.69) is 9.89 Å². The van der Waals surface area contributed by atoms with Gasteiger partial charge in [0.15, 0.2) is 5.29 Å². The number of aliphatic imine (C=N–C) groups is 1. The third kappa shape index (κ3) is 3.35. The van der Waals surface area contributed by atoms with E-state index >= 15 is 0 Å². The van der Waals surface area contributed by atoms with E-state index in [1.165, 1.54) is 32.1 Å². The lowest BCUT2D eigenvalue weighted by Crippen LogP contribution is -2.39. The molecule has 0 atom stereocenters. The molecule has 0 bridgehead atoms. The highest BCUT2D eigenvalue weighted by Crippen LogP contribution is 2.21. The first-order chi connectivity index (χ1) is 7.36. The molecule has 1 aliphatic heterocycles. The molecule has 0 unspecified atom stereocenters. The zero-order chi connectivity index (χ0) is 10.5. The average Bonchev–Trinajstić information content (AvgIpc) is 2.31. The highest BCUT2D eigenvalue weighted by Gasteiger charge is 2.17. The molecule has 4 heteroatoms. The van der Waals surface area contributed by atoms with Crippen LogP contribution in [0.5, 0.6) is 0 Å². The van der Waals surface area contributed by atoms with Crippen LogP contribution in [0.3, 0.4) is 0 Å². The molecule has 86 valence electrons. The molecule has 1 saturated carbocycles. The van der Waals surface area contributed by atoms with E-state index < -0.39 is 0 Å². The number of halogens is 1. The van der Waals surface area contributed by atoms with E-state index in [1.54, 1.807) is 0 Å². The van der Waals surface area contributed by atoms with Gasteiger partial charge < -0.3 is 9.64 Å². The van der Waals surface area contributed by atoms with E-state index in [0.717, 1.165) is 26.3 Å². The van der Waals surface area contributed by atoms with E-state index in [9.17, 15) is 0 Å². The molecule has 1 aliphatic carbocycles. The van der Waals surface area contributed by atoms with Crippen molar-refractivity contribution in [2.24, 2.45) is 4.99 Å². The molecule has 0 spiro atoms. The van der Waals surface area contributed by atoms with Crippen molar-refractivity contribution in [3.63, 3.8) is 0 Å². The first-order valence-corrected chi connectivity index (χ1v) is 6.30. The Morgan fingerprint density at radius 2 is 1.80 bits per heavy atom. The number of ether oxygens (including phenoxy) is 1. The number of morpholine rings is 1. The topological polar surface area (TPSA) is 24.8 Å². The second-order valence-corrected chi connectivity index (χ2v) is 4.63. The van der Waals surface area contributed by atoms with Gasteiger partial charge in [-0.25, -0.2) is 0 Å². The number of hydrogen-bond donors (Lipinski definition) is 0. The molecule has 2 aliphatic rings. The Labute approximate surface area is 96.4 Å². The molecule has 2 rings (SSSR count). The highest BCUT2D eigenvalue weighted by atomic mass is 35.5. The molecular formula is C11H19ClN2O. The summed E-state index contributed by atoms with van der Waals surface area (Å²) in [5.41, 5.74) is 0. The first-order valence-electron chi connectivity index (χ1n) is 5.92. The molecule has 1 saturated heterocycles. The summed E-state index contributed by atoms with van der Waals surface area (Å²) in [4.78, 5) is 6.74. The zero-order valence-electron chi connectivity index (χ0n) is 9.12. The van der Waals surface area contributed by atoms with Gasteiger partial charge in [-0.3, -0.25) is 4.99 Å². The Bertz CT molecular complexity index is 221. The summed E-state index contributed by atoms with van der Waals surface area (Å²) in [6.07, 6.45) is 6.39. The number of nitrogens with zero attached hydrogens (tertiary/aromatic N) is 2. The summed E-state index contributed by atoms with van der Waals surface area (Å²) in [5.74, 6) is 0. The third-order valence-corrected chi connectivity index (χ3v) is 3.47. The smallest absolute Gasteiger partial charge is 0.194 e. The monoisotopic (exact) mass is 230 g/mol. The largest absolute Gasteiger partial charge is 0.378 e. The van der Waals surface area contributed by atoms with Crippen LogP contribution < -0.4 is 0 Å². The van der Waals surface area contributed by atoms with Crippen LogP contribution in [0.1, 0.15) is 32.1 Å². The van der Waals surface area contributed by atoms with E-state index in [1.807, 2.05) is 0 Å². The van der Waals surface area contributed by atoms with Gasteiger partial charge in [0.1, 0.15) is 0 Å². The van der Waals surface area contributed by atoms with Crippen molar-refractivity contribution in [2.45, 2.75) is 38.1 Å². The molecular weight excluding hydrogens is 212 g/mol. The minimum Gasteiger partial charge on any atom is -0.378 e. The van der Waals surface area contributed by atoms with E-state index in [4.69, 9.17) is 16.3 Å². The summed E-state index contributed by atoms with van der Waals surface area (Å²) in [7, 11) is 0. The predicted octanol–water partition coefficient (Wildman–Crippen LogP) is 2.25. The van der Waals surface area contributed by atoms with Crippen molar-refractivity contribution in [2.75, 3.05) is 26.3 Å². The van der Waals surface area contributed by atoms with Gasteiger partial charge in [-0.1, -0.05) is 19.3 Å². The Kier molecular flexibility index (Phi) is 4.27. The van der Waals surface area contributed by atoms with Crippen LogP contribution in [0.25, 0.3) is 0 Å². The molecule has 0 aromatic rings. The molecule has 15 heavy (non-hydrogen) atoms. The fourth-order valence-electron chi connectivity index (χ4n) is 2.19. The maximum Gasteiger partial charge on any atom is 0.194 e. The van der Waals surface area contributed by atoms with Gasteiger partial charge in [0.2, 0.25) is 0 Å². The van der Waals surface area contributed by atoms with Crippen molar-refractivity contribution in [1.82, 2.24) is 4.90 Å². The standard InChI is InChI=1S/C11H19ClN2O/c12-11(14-6-8-15-9-7-14)13-10-4-2-1-3-5-10/h10H,1-9H2. The normalized spacial score (nSPS) is 25.7. The fourth-order valence-corrected chi connectivity index (χ4v) is 2.50. The summed E-state index contributed by atoms with van der Waals surface area (Å²) in [6, 6.07) is 0.467. The van der Waals surface area contributed by atoms with Crippen molar-refractivity contribution < 1.29 is 4.74 Å². The first kappa shape index (κ1) is 11.2. The van der Waals surface area contributed by atoms with Gasteiger partial charge in [-0.05, 0) is 24.4 Å². The lowest BCUT2D eigenvalue weighted by molar-refractivity contribution is 0.0689. The van der Waals surface area contributed by atoms with Gasteiger partial charge >= 0.3 is 0 Å². The van der Waals surface area contributed by atoms with Crippen LogP contribution in [0.4, 0.5) is 0 Å². The predicted molar refractivity (Wildman–Crippen MR) is 62.6 cm³/mol. The molecule has 0 N–H and O–H groups in total. The van der Waals surface area contributed by atoms with Crippen molar-refractivity contribution in [3.8, 4) is 0 Å². The van der Waals surface area contributed by atoms with E-state index in [0.29, 0.717) is 11.3 Å². The zero-order valence-corrected chi connectivity index (χ0v) is 9.88. The third-order valence-electron chi connectivity index (χ3n) is 3.14. The minimum atomic E-state index is 0.467. The number of amidine groups is 1. The van der Waals surface area contributed by atoms with Crippen LogP contribution >= 0.6 is 11.6 Å². The minimum absolute atomic E-state index is 0.467. The van der Waals surface area contributed by atoms with Gasteiger partial charge in [0.05, 0.1) is 19.3 Å². The second kappa shape index (κ2) is 5.71. The molecule has 0 aromatic carbocycles. The molecule has 1 heterocycles. The molecule has 2 fully saturated rings. The van der Waals surface area contributed by atoms with Crippen molar-refractivity contribution in [3.05, 3.63) is 0 Å². The highest BCUT2D eigenvalue weighted by molar-refractivity contribution is 6.64. The van der Waals surface area contributed by atoms with Gasteiger partial charge in [-0.2, -0.15) is 0 Å². The molecule has 0 amide bonds. The van der Waals surface area contributed by atoms with Crippen molar-refractivity contribution in [1.29, 1.82) is 0 Å².